The van der Waals surface area contributed by atoms with E-state index in [-0.39, 0.29) is 10.8 Å². The lowest BCUT2D eigenvalue weighted by Gasteiger charge is -2.32. The van der Waals surface area contributed by atoms with Crippen molar-refractivity contribution in [2.24, 2.45) is 5.41 Å². The van der Waals surface area contributed by atoms with Gasteiger partial charge in [-0.3, -0.25) is 0 Å². The Morgan fingerprint density at radius 1 is 0.850 bits per heavy atom. The molecule has 0 heterocycles. The van der Waals surface area contributed by atoms with Crippen LogP contribution < -0.4 is 0 Å². The highest BCUT2D eigenvalue weighted by molar-refractivity contribution is 5.52. The van der Waals surface area contributed by atoms with Crippen molar-refractivity contribution >= 4 is 0 Å². The van der Waals surface area contributed by atoms with E-state index in [1.807, 2.05) is 24.3 Å². The Morgan fingerprint density at radius 2 is 1.50 bits per heavy atom. The fraction of sp³-hybridized carbons (Fsp3) is 0.263. The van der Waals surface area contributed by atoms with E-state index >= 15 is 0 Å². The number of phenolic OH excluding ortho intramolecular Hbond substituents is 1. The molecule has 0 aliphatic heterocycles. The molecule has 1 aliphatic carbocycles. The zero-order valence-electron chi connectivity index (χ0n) is 12.0. The number of aromatic hydroxyl groups is 1. The molecular weight excluding hydrogens is 244 g/mol. The minimum absolute atomic E-state index is 0.137. The van der Waals surface area contributed by atoms with Crippen LogP contribution in [0.5, 0.6) is 5.75 Å². The summed E-state index contributed by atoms with van der Waals surface area (Å²) in [6, 6.07) is 18.2. The van der Waals surface area contributed by atoms with Crippen LogP contribution in [0.15, 0.2) is 66.7 Å². The van der Waals surface area contributed by atoms with Gasteiger partial charge in [0, 0.05) is 11.0 Å². The van der Waals surface area contributed by atoms with Crippen LogP contribution in [0.1, 0.15) is 31.4 Å². The third-order valence-corrected chi connectivity index (χ3v) is 4.23. The molecular formula is C19H20O. The Morgan fingerprint density at radius 3 is 2.10 bits per heavy atom. The number of allylic oxidation sites excluding steroid dienone is 2. The van der Waals surface area contributed by atoms with Crippen molar-refractivity contribution < 1.29 is 5.11 Å². The third-order valence-electron chi connectivity index (χ3n) is 4.23. The Kier molecular flexibility index (Phi) is 2.93. The van der Waals surface area contributed by atoms with E-state index in [0.29, 0.717) is 5.75 Å². The van der Waals surface area contributed by atoms with Crippen LogP contribution in [0.2, 0.25) is 0 Å². The van der Waals surface area contributed by atoms with Gasteiger partial charge in [-0.25, -0.2) is 0 Å². The van der Waals surface area contributed by atoms with Gasteiger partial charge >= 0.3 is 0 Å². The quantitative estimate of drug-likeness (QED) is 0.782. The highest BCUT2D eigenvalue weighted by Crippen LogP contribution is 2.51. The van der Waals surface area contributed by atoms with Gasteiger partial charge in [0.25, 0.3) is 0 Å². The second-order valence-corrected chi connectivity index (χ2v) is 6.35. The second kappa shape index (κ2) is 4.52. The number of hydrogen-bond acceptors (Lipinski definition) is 1. The summed E-state index contributed by atoms with van der Waals surface area (Å²) >= 11 is 0. The zero-order valence-corrected chi connectivity index (χ0v) is 12.0. The number of rotatable bonds is 2. The highest BCUT2D eigenvalue weighted by Gasteiger charge is 2.42. The Hall–Kier alpha value is -2.02. The zero-order chi connectivity index (χ0) is 14.2. The van der Waals surface area contributed by atoms with Crippen LogP contribution in [0, 0.1) is 5.41 Å². The molecule has 2 aromatic rings. The summed E-state index contributed by atoms with van der Waals surface area (Å²) in [5.74, 6) is 0.374. The second-order valence-electron chi connectivity index (χ2n) is 6.35. The van der Waals surface area contributed by atoms with Crippen molar-refractivity contribution in [1.82, 2.24) is 0 Å². The van der Waals surface area contributed by atoms with Gasteiger partial charge in [0.1, 0.15) is 5.75 Å². The van der Waals surface area contributed by atoms with Gasteiger partial charge in [0.15, 0.2) is 0 Å². The number of para-hydroxylation sites is 1. The maximum atomic E-state index is 10.3. The van der Waals surface area contributed by atoms with E-state index in [4.69, 9.17) is 0 Å². The van der Waals surface area contributed by atoms with Crippen molar-refractivity contribution in [2.75, 3.05) is 0 Å². The van der Waals surface area contributed by atoms with E-state index in [1.54, 1.807) is 6.07 Å². The van der Waals surface area contributed by atoms with Crippen LogP contribution in [0.3, 0.4) is 0 Å². The summed E-state index contributed by atoms with van der Waals surface area (Å²) in [6.07, 6.45) is 5.51. The average Bonchev–Trinajstić information content (AvgIpc) is 2.78. The van der Waals surface area contributed by atoms with Crippen molar-refractivity contribution in [3.8, 4) is 5.75 Å². The molecule has 0 fully saturated rings. The maximum Gasteiger partial charge on any atom is 0.119 e. The summed E-state index contributed by atoms with van der Waals surface area (Å²) < 4.78 is 0. The first-order valence-corrected chi connectivity index (χ1v) is 7.08. The van der Waals surface area contributed by atoms with Gasteiger partial charge in [-0.05, 0) is 23.5 Å². The number of hydrogen-bond donors (Lipinski definition) is 1. The molecule has 1 unspecified atom stereocenters. The highest BCUT2D eigenvalue weighted by atomic mass is 16.3. The standard InChI is InChI=1S/C19H20O/c1-18(2)12-13-19(14-18,15-8-4-3-5-9-15)16-10-6-7-11-17(16)20/h3-13,20H,14H2,1-2H3. The number of phenols is 1. The molecule has 3 rings (SSSR count). The maximum absolute atomic E-state index is 10.3. The SMILES string of the molecule is CC1(C)C=CC(c2ccccc2)(c2ccccc2O)C1. The lowest BCUT2D eigenvalue weighted by Crippen LogP contribution is -2.26. The Balaban J connectivity index is 2.21. The van der Waals surface area contributed by atoms with Crippen molar-refractivity contribution in [3.63, 3.8) is 0 Å². The Bertz CT molecular complexity index is 640. The molecule has 1 heteroatoms. The lowest BCUT2D eigenvalue weighted by atomic mass is 9.70. The van der Waals surface area contributed by atoms with Crippen LogP contribution in [0.4, 0.5) is 0 Å². The summed E-state index contributed by atoms with van der Waals surface area (Å²) in [4.78, 5) is 0. The molecule has 0 amide bonds. The van der Waals surface area contributed by atoms with Gasteiger partial charge < -0.3 is 5.11 Å². The van der Waals surface area contributed by atoms with E-state index in [1.165, 1.54) is 5.56 Å². The van der Waals surface area contributed by atoms with Crippen LogP contribution in [-0.4, -0.2) is 5.11 Å². The summed E-state index contributed by atoms with van der Waals surface area (Å²) in [5.41, 5.74) is 2.14. The Labute approximate surface area is 120 Å². The molecule has 0 radical (unpaired) electrons. The third kappa shape index (κ3) is 2.03. The van der Waals surface area contributed by atoms with Gasteiger partial charge in [-0.1, -0.05) is 74.5 Å². The predicted molar refractivity (Wildman–Crippen MR) is 82.9 cm³/mol. The molecule has 1 N–H and O–H groups in total. The first-order valence-electron chi connectivity index (χ1n) is 7.08. The first-order chi connectivity index (χ1) is 9.54. The average molecular weight is 264 g/mol. The number of benzene rings is 2. The molecule has 1 atom stereocenters. The van der Waals surface area contributed by atoms with Crippen LogP contribution in [0.25, 0.3) is 0 Å². The van der Waals surface area contributed by atoms with Crippen LogP contribution in [-0.2, 0) is 5.41 Å². The molecule has 102 valence electrons. The molecule has 1 nitrogen and oxygen atoms in total. The molecule has 0 aromatic heterocycles. The summed E-state index contributed by atoms with van der Waals surface area (Å²) in [7, 11) is 0. The van der Waals surface area contributed by atoms with E-state index in [0.717, 1.165) is 12.0 Å². The fourth-order valence-electron chi connectivity index (χ4n) is 3.33. The van der Waals surface area contributed by atoms with E-state index in [2.05, 4.69) is 50.3 Å². The molecule has 0 bridgehead atoms. The fourth-order valence-corrected chi connectivity index (χ4v) is 3.33. The summed E-state index contributed by atoms with van der Waals surface area (Å²) in [5, 5.41) is 10.3. The van der Waals surface area contributed by atoms with Crippen molar-refractivity contribution in [1.29, 1.82) is 0 Å². The lowest BCUT2D eigenvalue weighted by molar-refractivity contribution is 0.388. The van der Waals surface area contributed by atoms with Gasteiger partial charge in [-0.2, -0.15) is 0 Å². The predicted octanol–water partition coefficient (Wildman–Crippen LogP) is 4.66. The van der Waals surface area contributed by atoms with Gasteiger partial charge in [0.2, 0.25) is 0 Å². The van der Waals surface area contributed by atoms with E-state index < -0.39 is 0 Å². The first kappa shape index (κ1) is 13.0. The topological polar surface area (TPSA) is 20.2 Å². The largest absolute Gasteiger partial charge is 0.508 e. The minimum Gasteiger partial charge on any atom is -0.508 e. The molecule has 0 saturated carbocycles. The monoisotopic (exact) mass is 264 g/mol. The molecule has 2 aromatic carbocycles. The van der Waals surface area contributed by atoms with Gasteiger partial charge in [-0.15, -0.1) is 0 Å². The van der Waals surface area contributed by atoms with Gasteiger partial charge in [0.05, 0.1) is 0 Å². The van der Waals surface area contributed by atoms with Crippen molar-refractivity contribution in [2.45, 2.75) is 25.7 Å². The van der Waals surface area contributed by atoms with Crippen molar-refractivity contribution in [3.05, 3.63) is 77.9 Å². The van der Waals surface area contributed by atoms with Crippen LogP contribution >= 0.6 is 0 Å². The minimum atomic E-state index is -0.226. The smallest absolute Gasteiger partial charge is 0.119 e. The molecule has 0 saturated heterocycles. The normalized spacial score (nSPS) is 23.9. The summed E-state index contributed by atoms with van der Waals surface area (Å²) in [6.45, 7) is 4.49. The molecule has 20 heavy (non-hydrogen) atoms. The molecule has 1 aliphatic rings. The van der Waals surface area contributed by atoms with E-state index in [9.17, 15) is 5.11 Å². The molecule has 0 spiro atoms.